The molecule has 0 amide bonds. The zero-order valence-electron chi connectivity index (χ0n) is 29.4. The van der Waals surface area contributed by atoms with Gasteiger partial charge in [-0.25, -0.2) is 0 Å². The van der Waals surface area contributed by atoms with Crippen molar-refractivity contribution in [2.24, 2.45) is 0 Å². The molecule has 0 aliphatic carbocycles. The van der Waals surface area contributed by atoms with Crippen LogP contribution in [0.1, 0.15) is 194 Å². The van der Waals surface area contributed by atoms with E-state index in [1.54, 1.807) is 0 Å². The monoisotopic (exact) mass is 676 g/mol. The molecule has 0 aliphatic heterocycles. The molecule has 0 bridgehead atoms. The summed E-state index contributed by atoms with van der Waals surface area (Å²) in [4.78, 5) is 12.3. The summed E-state index contributed by atoms with van der Waals surface area (Å²) in [6.45, 7) is 4.52. The van der Waals surface area contributed by atoms with Gasteiger partial charge >= 0.3 is 5.97 Å². The zero-order valence-corrected chi connectivity index (χ0v) is 31.0. The summed E-state index contributed by atoms with van der Waals surface area (Å²) in [5.41, 5.74) is 0. The molecule has 0 rings (SSSR count). The molecule has 44 heavy (non-hydrogen) atoms. The third-order valence-electron chi connectivity index (χ3n) is 8.27. The van der Waals surface area contributed by atoms with Crippen molar-refractivity contribution in [3.63, 3.8) is 0 Å². The number of rotatable bonds is 34. The smallest absolute Gasteiger partial charge is 0.306 e. The zero-order chi connectivity index (χ0) is 32.0. The summed E-state index contributed by atoms with van der Waals surface area (Å²) in [5, 5.41) is 0.866. The SMILES string of the molecule is CCCCCC=CCC=CCCCCCCCCC(CCCCCCCCC=CCC=CCCCCC)OC(=O)CCCBr. The maximum atomic E-state index is 12.3. The van der Waals surface area contributed by atoms with Gasteiger partial charge in [-0.2, -0.15) is 0 Å². The van der Waals surface area contributed by atoms with Crippen molar-refractivity contribution in [1.82, 2.24) is 0 Å². The highest BCUT2D eigenvalue weighted by atomic mass is 79.9. The minimum absolute atomic E-state index is 0.00507. The summed E-state index contributed by atoms with van der Waals surface area (Å²) < 4.78 is 5.92. The minimum atomic E-state index is -0.00507. The van der Waals surface area contributed by atoms with Crippen LogP contribution in [0.15, 0.2) is 48.6 Å². The molecule has 0 saturated heterocycles. The maximum Gasteiger partial charge on any atom is 0.306 e. The molecule has 3 heteroatoms. The fourth-order valence-electron chi connectivity index (χ4n) is 5.44. The highest BCUT2D eigenvalue weighted by molar-refractivity contribution is 9.09. The lowest BCUT2D eigenvalue weighted by Gasteiger charge is -2.18. The van der Waals surface area contributed by atoms with E-state index in [2.05, 4.69) is 78.4 Å². The van der Waals surface area contributed by atoms with Crippen LogP contribution in [-0.4, -0.2) is 17.4 Å². The van der Waals surface area contributed by atoms with Gasteiger partial charge in [-0.3, -0.25) is 4.79 Å². The molecule has 0 fully saturated rings. The van der Waals surface area contributed by atoms with Crippen LogP contribution in [0, 0.1) is 0 Å². The second-order valence-electron chi connectivity index (χ2n) is 12.7. The molecule has 256 valence electrons. The predicted octanol–water partition coefficient (Wildman–Crippen LogP) is 14.5. The quantitative estimate of drug-likeness (QED) is 0.0293. The first-order chi connectivity index (χ1) is 21.7. The van der Waals surface area contributed by atoms with Crippen LogP contribution in [0.2, 0.25) is 0 Å². The van der Waals surface area contributed by atoms with Crippen LogP contribution in [0.5, 0.6) is 0 Å². The van der Waals surface area contributed by atoms with Crippen LogP contribution < -0.4 is 0 Å². The number of halogens is 1. The van der Waals surface area contributed by atoms with E-state index in [9.17, 15) is 4.79 Å². The third kappa shape index (κ3) is 35.4. The summed E-state index contributed by atoms with van der Waals surface area (Å²) in [6, 6.07) is 0. The molecule has 0 aliphatic rings. The van der Waals surface area contributed by atoms with E-state index in [4.69, 9.17) is 4.74 Å². The molecule has 0 aromatic rings. The molecule has 0 N–H and O–H groups in total. The normalized spacial score (nSPS) is 12.9. The molecule has 0 saturated carbocycles. The fourth-order valence-corrected chi connectivity index (χ4v) is 5.72. The molecule has 0 unspecified atom stereocenters. The Morgan fingerprint density at radius 2 is 0.864 bits per heavy atom. The fraction of sp³-hybridized carbons (Fsp3) is 0.780. The average Bonchev–Trinajstić information content (AvgIpc) is 3.03. The Kier molecular flexibility index (Phi) is 37.2. The van der Waals surface area contributed by atoms with E-state index in [1.165, 1.54) is 141 Å². The molecule has 0 heterocycles. The molecule has 0 aromatic carbocycles. The summed E-state index contributed by atoms with van der Waals surface area (Å²) in [6.07, 6.45) is 52.7. The van der Waals surface area contributed by atoms with Crippen molar-refractivity contribution >= 4 is 21.9 Å². The second-order valence-corrected chi connectivity index (χ2v) is 13.4. The van der Waals surface area contributed by atoms with Crippen molar-refractivity contribution in [3.05, 3.63) is 48.6 Å². The van der Waals surface area contributed by atoms with E-state index in [0.29, 0.717) is 6.42 Å². The van der Waals surface area contributed by atoms with Gasteiger partial charge in [0.1, 0.15) is 6.10 Å². The van der Waals surface area contributed by atoms with Gasteiger partial charge in [0, 0.05) is 11.8 Å². The first-order valence-corrected chi connectivity index (χ1v) is 20.2. The lowest BCUT2D eigenvalue weighted by Crippen LogP contribution is -2.18. The van der Waals surface area contributed by atoms with Gasteiger partial charge in [0.25, 0.3) is 0 Å². The van der Waals surface area contributed by atoms with Crippen LogP contribution >= 0.6 is 15.9 Å². The number of allylic oxidation sites excluding steroid dienone is 8. The van der Waals surface area contributed by atoms with Crippen LogP contribution in [0.25, 0.3) is 0 Å². The summed E-state index contributed by atoms with van der Waals surface area (Å²) in [7, 11) is 0. The number of hydrogen-bond acceptors (Lipinski definition) is 2. The molecule has 2 nitrogen and oxygen atoms in total. The largest absolute Gasteiger partial charge is 0.462 e. The number of ether oxygens (including phenoxy) is 1. The predicted molar refractivity (Wildman–Crippen MR) is 201 cm³/mol. The number of carbonyl (C=O) groups excluding carboxylic acids is 1. The number of unbranched alkanes of at least 4 members (excludes halogenated alkanes) is 18. The number of hydrogen-bond donors (Lipinski definition) is 0. The van der Waals surface area contributed by atoms with E-state index in [1.807, 2.05) is 0 Å². The summed E-state index contributed by atoms with van der Waals surface area (Å²) >= 11 is 3.43. The van der Waals surface area contributed by atoms with Gasteiger partial charge in [-0.1, -0.05) is 155 Å². The summed E-state index contributed by atoms with van der Waals surface area (Å²) in [5.74, 6) is -0.00507. The molecule has 0 atom stereocenters. The standard InChI is InChI=1S/C41H73BrO2/c1-3-5-7-9-11-13-15-17-19-21-23-25-27-29-31-33-36-40(44-41(43)38-35-39-42)37-34-32-30-28-26-24-22-20-18-16-14-12-10-8-6-4-2/h11-14,17-20,40H,3-10,15-16,21-39H2,1-2H3. The Balaban J connectivity index is 3.88. The Bertz CT molecular complexity index is 645. The Morgan fingerprint density at radius 1 is 0.500 bits per heavy atom. The van der Waals surface area contributed by atoms with E-state index >= 15 is 0 Å². The molecular formula is C41H73BrO2. The van der Waals surface area contributed by atoms with Crippen molar-refractivity contribution in [1.29, 1.82) is 0 Å². The first-order valence-electron chi connectivity index (χ1n) is 19.1. The highest BCUT2D eigenvalue weighted by Gasteiger charge is 2.14. The highest BCUT2D eigenvalue weighted by Crippen LogP contribution is 2.18. The average molecular weight is 678 g/mol. The number of carbonyl (C=O) groups is 1. The van der Waals surface area contributed by atoms with Crippen molar-refractivity contribution < 1.29 is 9.53 Å². The lowest BCUT2D eigenvalue weighted by molar-refractivity contribution is -0.149. The molecule has 0 aromatic heterocycles. The topological polar surface area (TPSA) is 26.3 Å². The van der Waals surface area contributed by atoms with Gasteiger partial charge < -0.3 is 4.74 Å². The minimum Gasteiger partial charge on any atom is -0.462 e. The van der Waals surface area contributed by atoms with Gasteiger partial charge in [0.15, 0.2) is 0 Å². The Hall–Kier alpha value is -1.09. The maximum absolute atomic E-state index is 12.3. The van der Waals surface area contributed by atoms with Crippen LogP contribution in [0.4, 0.5) is 0 Å². The van der Waals surface area contributed by atoms with E-state index in [-0.39, 0.29) is 12.1 Å². The van der Waals surface area contributed by atoms with Gasteiger partial charge in [-0.15, -0.1) is 0 Å². The second kappa shape index (κ2) is 38.1. The number of alkyl halides is 1. The lowest BCUT2D eigenvalue weighted by atomic mass is 10.0. The van der Waals surface area contributed by atoms with Crippen LogP contribution in [-0.2, 0) is 9.53 Å². The third-order valence-corrected chi connectivity index (χ3v) is 8.83. The van der Waals surface area contributed by atoms with Gasteiger partial charge in [0.05, 0.1) is 0 Å². The molecule has 0 spiro atoms. The van der Waals surface area contributed by atoms with Crippen LogP contribution in [0.3, 0.4) is 0 Å². The van der Waals surface area contributed by atoms with E-state index in [0.717, 1.165) is 37.4 Å². The van der Waals surface area contributed by atoms with Gasteiger partial charge in [0.2, 0.25) is 0 Å². The van der Waals surface area contributed by atoms with Crippen molar-refractivity contribution in [3.8, 4) is 0 Å². The Morgan fingerprint density at radius 3 is 1.25 bits per heavy atom. The van der Waals surface area contributed by atoms with Crippen molar-refractivity contribution in [2.75, 3.05) is 5.33 Å². The molecule has 0 radical (unpaired) electrons. The van der Waals surface area contributed by atoms with E-state index < -0.39 is 0 Å². The van der Waals surface area contributed by atoms with Crippen molar-refractivity contribution in [2.45, 2.75) is 200 Å². The number of esters is 1. The van der Waals surface area contributed by atoms with Gasteiger partial charge in [-0.05, 0) is 96.3 Å². The Labute approximate surface area is 284 Å². The first kappa shape index (κ1) is 42.9. The molecular weight excluding hydrogens is 604 g/mol.